The van der Waals surface area contributed by atoms with Crippen LogP contribution in [0.15, 0.2) is 66.0 Å². The Bertz CT molecular complexity index is 1120. The van der Waals surface area contributed by atoms with Gasteiger partial charge in [-0.05, 0) is 72.9 Å². The van der Waals surface area contributed by atoms with Gasteiger partial charge in [-0.25, -0.2) is 0 Å². The summed E-state index contributed by atoms with van der Waals surface area (Å²) in [5, 5.41) is 2.21. The smallest absolute Gasteiger partial charge is 0.254 e. The van der Waals surface area contributed by atoms with Crippen molar-refractivity contribution in [2.45, 2.75) is 64.5 Å². The van der Waals surface area contributed by atoms with Crippen molar-refractivity contribution in [2.75, 3.05) is 19.6 Å². The van der Waals surface area contributed by atoms with Crippen LogP contribution in [0, 0.1) is 19.8 Å². The maximum absolute atomic E-state index is 13.8. The van der Waals surface area contributed by atoms with Crippen molar-refractivity contribution in [1.29, 1.82) is 0 Å². The molecule has 2 atom stereocenters. The molecule has 1 saturated heterocycles. The molecule has 3 nitrogen and oxygen atoms in total. The van der Waals surface area contributed by atoms with Crippen LogP contribution in [0.1, 0.15) is 69.9 Å². The minimum absolute atomic E-state index is 0.216. The molecule has 1 aromatic heterocycles. The van der Waals surface area contributed by atoms with E-state index in [4.69, 9.17) is 0 Å². The molecule has 2 fully saturated rings. The molecule has 5 rings (SSSR count). The number of thiophene rings is 1. The van der Waals surface area contributed by atoms with Crippen molar-refractivity contribution in [3.63, 3.8) is 0 Å². The summed E-state index contributed by atoms with van der Waals surface area (Å²) >= 11 is 1.87. The minimum atomic E-state index is 0.216. The lowest BCUT2D eigenvalue weighted by Crippen LogP contribution is -2.45. The first-order valence-electron chi connectivity index (χ1n) is 13.3. The number of likely N-dealkylation sites (tertiary alicyclic amines) is 1. The molecule has 35 heavy (non-hydrogen) atoms. The quantitative estimate of drug-likeness (QED) is 0.357. The van der Waals surface area contributed by atoms with E-state index in [1.807, 2.05) is 41.7 Å². The van der Waals surface area contributed by atoms with Crippen molar-refractivity contribution in [3.05, 3.63) is 93.2 Å². The predicted octanol–water partition coefficient (Wildman–Crippen LogP) is 7.06. The van der Waals surface area contributed by atoms with Gasteiger partial charge in [-0.2, -0.15) is 0 Å². The fraction of sp³-hybridized carbons (Fsp3) is 0.452. The van der Waals surface area contributed by atoms with Crippen LogP contribution < -0.4 is 0 Å². The average Bonchev–Trinajstić information content (AvgIpc) is 3.49. The monoisotopic (exact) mass is 486 g/mol. The molecule has 4 heteroatoms. The molecule has 0 N–H and O–H groups in total. The third-order valence-corrected chi connectivity index (χ3v) is 9.18. The number of amides is 1. The Balaban J connectivity index is 1.43. The molecular weight excluding hydrogens is 448 g/mol. The first-order chi connectivity index (χ1) is 17.1. The van der Waals surface area contributed by atoms with Gasteiger partial charge in [0.25, 0.3) is 5.91 Å². The van der Waals surface area contributed by atoms with E-state index in [-0.39, 0.29) is 5.91 Å². The highest BCUT2D eigenvalue weighted by atomic mass is 32.1. The normalized spacial score (nSPS) is 21.3. The highest BCUT2D eigenvalue weighted by molar-refractivity contribution is 7.10. The standard InChI is InChI=1S/C31H38N2OS/c1-23-11-9-10-16-28(23)29-21-32(22-30-24(2)17-18-35-30)19-26(29)20-33(27-14-7-4-8-15-27)31(34)25-12-5-3-6-13-25/h3,5-6,9-13,16-18,26-27,29H,4,7-8,14-15,19-22H2,1-2H3. The van der Waals surface area contributed by atoms with Crippen LogP contribution in [0.2, 0.25) is 0 Å². The van der Waals surface area contributed by atoms with E-state index in [1.54, 1.807) is 0 Å². The summed E-state index contributed by atoms with van der Waals surface area (Å²) in [6.07, 6.45) is 6.04. The van der Waals surface area contributed by atoms with Gasteiger partial charge >= 0.3 is 0 Å². The van der Waals surface area contributed by atoms with Gasteiger partial charge in [0, 0.05) is 48.6 Å². The van der Waals surface area contributed by atoms with Gasteiger partial charge in [0.2, 0.25) is 0 Å². The zero-order valence-electron chi connectivity index (χ0n) is 21.2. The minimum Gasteiger partial charge on any atom is -0.335 e. The van der Waals surface area contributed by atoms with Gasteiger partial charge in [0.05, 0.1) is 0 Å². The van der Waals surface area contributed by atoms with E-state index >= 15 is 0 Å². The zero-order chi connectivity index (χ0) is 24.2. The Morgan fingerprint density at radius 1 is 0.914 bits per heavy atom. The Labute approximate surface area is 214 Å². The second-order valence-electron chi connectivity index (χ2n) is 10.6. The van der Waals surface area contributed by atoms with Crippen molar-refractivity contribution in [1.82, 2.24) is 9.80 Å². The van der Waals surface area contributed by atoms with Gasteiger partial charge in [-0.1, -0.05) is 61.7 Å². The van der Waals surface area contributed by atoms with Gasteiger partial charge in [-0.15, -0.1) is 11.3 Å². The number of carbonyl (C=O) groups is 1. The summed E-state index contributed by atoms with van der Waals surface area (Å²) < 4.78 is 0. The molecule has 1 amide bonds. The van der Waals surface area contributed by atoms with Crippen LogP contribution in [0.3, 0.4) is 0 Å². The third-order valence-electron chi connectivity index (χ3n) is 8.17. The second kappa shape index (κ2) is 11.1. The van der Waals surface area contributed by atoms with E-state index in [0.717, 1.165) is 44.6 Å². The molecule has 0 spiro atoms. The van der Waals surface area contributed by atoms with Gasteiger partial charge < -0.3 is 4.90 Å². The number of rotatable bonds is 7. The summed E-state index contributed by atoms with van der Waals surface area (Å²) in [4.78, 5) is 20.2. The third kappa shape index (κ3) is 5.54. The lowest BCUT2D eigenvalue weighted by Gasteiger charge is -2.37. The molecular formula is C31H38N2OS. The maximum Gasteiger partial charge on any atom is 0.254 e. The first-order valence-corrected chi connectivity index (χ1v) is 14.1. The van der Waals surface area contributed by atoms with E-state index in [2.05, 4.69) is 59.4 Å². The molecule has 1 saturated carbocycles. The molecule has 1 aliphatic heterocycles. The molecule has 0 bridgehead atoms. The molecule has 2 aromatic carbocycles. The van der Waals surface area contributed by atoms with Crippen molar-refractivity contribution in [3.8, 4) is 0 Å². The number of benzene rings is 2. The fourth-order valence-electron chi connectivity index (χ4n) is 6.19. The highest BCUT2D eigenvalue weighted by Crippen LogP contribution is 2.37. The second-order valence-corrected chi connectivity index (χ2v) is 11.6. The topological polar surface area (TPSA) is 23.6 Å². The number of carbonyl (C=O) groups excluding carboxylic acids is 1. The SMILES string of the molecule is Cc1ccccc1C1CN(Cc2sccc2C)CC1CN(C(=O)c1ccccc1)C1CCCCC1. The maximum atomic E-state index is 13.8. The van der Waals surface area contributed by atoms with E-state index in [9.17, 15) is 4.79 Å². The molecule has 1 aliphatic carbocycles. The van der Waals surface area contributed by atoms with Crippen LogP contribution >= 0.6 is 11.3 Å². The summed E-state index contributed by atoms with van der Waals surface area (Å²) in [5.74, 6) is 1.10. The average molecular weight is 487 g/mol. The molecule has 2 heterocycles. The number of aryl methyl sites for hydroxylation is 2. The Hall–Kier alpha value is -2.43. The van der Waals surface area contributed by atoms with Crippen LogP contribution in [0.5, 0.6) is 0 Å². The fourth-order valence-corrected chi connectivity index (χ4v) is 7.14. The Morgan fingerprint density at radius 2 is 1.66 bits per heavy atom. The predicted molar refractivity (Wildman–Crippen MR) is 146 cm³/mol. The number of hydrogen-bond acceptors (Lipinski definition) is 3. The van der Waals surface area contributed by atoms with Crippen LogP contribution in [-0.2, 0) is 6.54 Å². The van der Waals surface area contributed by atoms with Gasteiger partial charge in [0.1, 0.15) is 0 Å². The lowest BCUT2D eigenvalue weighted by atomic mass is 9.85. The van der Waals surface area contributed by atoms with Gasteiger partial charge in [0.15, 0.2) is 0 Å². The van der Waals surface area contributed by atoms with Crippen molar-refractivity contribution >= 4 is 17.2 Å². The van der Waals surface area contributed by atoms with E-state index in [1.165, 1.54) is 40.8 Å². The Morgan fingerprint density at radius 3 is 2.37 bits per heavy atom. The van der Waals surface area contributed by atoms with Gasteiger partial charge in [-0.3, -0.25) is 9.69 Å². The molecule has 184 valence electrons. The van der Waals surface area contributed by atoms with Crippen LogP contribution in [0.25, 0.3) is 0 Å². The zero-order valence-corrected chi connectivity index (χ0v) is 22.0. The molecule has 2 unspecified atom stereocenters. The largest absolute Gasteiger partial charge is 0.335 e. The van der Waals surface area contributed by atoms with E-state index in [0.29, 0.717) is 17.9 Å². The summed E-state index contributed by atoms with van der Waals surface area (Å²) in [7, 11) is 0. The molecule has 0 radical (unpaired) electrons. The summed E-state index contributed by atoms with van der Waals surface area (Å²) in [6, 6.07) is 21.4. The number of hydrogen-bond donors (Lipinski definition) is 0. The van der Waals surface area contributed by atoms with Crippen LogP contribution in [0.4, 0.5) is 0 Å². The summed E-state index contributed by atoms with van der Waals surface area (Å²) in [6.45, 7) is 8.43. The van der Waals surface area contributed by atoms with Crippen molar-refractivity contribution in [2.24, 2.45) is 5.92 Å². The number of nitrogens with zero attached hydrogens (tertiary/aromatic N) is 2. The van der Waals surface area contributed by atoms with E-state index < -0.39 is 0 Å². The summed E-state index contributed by atoms with van der Waals surface area (Å²) in [5.41, 5.74) is 5.05. The lowest BCUT2D eigenvalue weighted by molar-refractivity contribution is 0.0588. The Kier molecular flexibility index (Phi) is 7.69. The molecule has 2 aliphatic rings. The first kappa shape index (κ1) is 24.3. The highest BCUT2D eigenvalue weighted by Gasteiger charge is 2.38. The van der Waals surface area contributed by atoms with Crippen LogP contribution in [-0.4, -0.2) is 41.4 Å². The molecule has 3 aromatic rings. The van der Waals surface area contributed by atoms with Crippen molar-refractivity contribution < 1.29 is 4.79 Å².